The van der Waals surface area contributed by atoms with Gasteiger partial charge in [-0.15, -0.1) is 0 Å². The molecule has 1 aliphatic heterocycles. The Hall–Kier alpha value is -1.30. The van der Waals surface area contributed by atoms with Crippen LogP contribution in [-0.4, -0.2) is 114 Å². The van der Waals surface area contributed by atoms with E-state index in [4.69, 9.17) is 30.4 Å². The summed E-state index contributed by atoms with van der Waals surface area (Å²) in [5.74, 6) is -0.271. The maximum atomic E-state index is 11.8. The molecular formula is C16H32N4O6. The molecule has 2 amide bonds. The lowest BCUT2D eigenvalue weighted by atomic mass is 10.4. The summed E-state index contributed by atoms with van der Waals surface area (Å²) in [7, 11) is 0. The summed E-state index contributed by atoms with van der Waals surface area (Å²) in [6.45, 7) is 4.98. The number of carbonyl (C=O) groups excluding carboxylic acids is 2. The molecule has 1 rings (SSSR count). The number of rotatable bonds is 2. The highest BCUT2D eigenvalue weighted by atomic mass is 16.5. The van der Waals surface area contributed by atoms with Crippen LogP contribution in [-0.2, 0) is 28.5 Å². The zero-order valence-electron chi connectivity index (χ0n) is 15.4. The van der Waals surface area contributed by atoms with Crippen molar-refractivity contribution in [1.29, 1.82) is 0 Å². The first-order valence-corrected chi connectivity index (χ1v) is 8.95. The maximum absolute atomic E-state index is 11.8. The van der Waals surface area contributed by atoms with Crippen molar-refractivity contribution in [3.8, 4) is 0 Å². The first-order chi connectivity index (χ1) is 12.7. The van der Waals surface area contributed by atoms with Crippen LogP contribution in [0.3, 0.4) is 0 Å². The third-order valence-corrected chi connectivity index (χ3v) is 3.82. The normalized spacial score (nSPS) is 20.2. The summed E-state index contributed by atoms with van der Waals surface area (Å²) in [4.78, 5) is 26.9. The van der Waals surface area contributed by atoms with Crippen LogP contribution in [0, 0.1) is 0 Å². The predicted molar refractivity (Wildman–Crippen MR) is 94.5 cm³/mol. The van der Waals surface area contributed by atoms with E-state index in [9.17, 15) is 9.59 Å². The van der Waals surface area contributed by atoms with E-state index in [0.29, 0.717) is 79.0 Å². The number of nitrogens with zero attached hydrogens (tertiary/aromatic N) is 2. The molecule has 1 fully saturated rings. The summed E-state index contributed by atoms with van der Waals surface area (Å²) >= 11 is 0. The van der Waals surface area contributed by atoms with Crippen LogP contribution in [0.5, 0.6) is 0 Å². The van der Waals surface area contributed by atoms with E-state index in [-0.39, 0.29) is 24.9 Å². The highest BCUT2D eigenvalue weighted by Crippen LogP contribution is 1.94. The number of carbonyl (C=O) groups is 2. The standard InChI is InChI=1S/C16H32N4O6/c17-13-15(21)19-1-5-23-9-10-25-7-3-20(16(22)14-18)4-8-26-12-11-24-6-2-19/h1-14,17-18H2. The Morgan fingerprint density at radius 3 is 1.08 bits per heavy atom. The molecule has 0 spiro atoms. The van der Waals surface area contributed by atoms with Gasteiger partial charge in [-0.3, -0.25) is 9.59 Å². The Morgan fingerprint density at radius 2 is 0.846 bits per heavy atom. The van der Waals surface area contributed by atoms with Crippen LogP contribution in [0.15, 0.2) is 0 Å². The highest BCUT2D eigenvalue weighted by Gasteiger charge is 2.13. The average molecular weight is 376 g/mol. The lowest BCUT2D eigenvalue weighted by Crippen LogP contribution is -2.41. The van der Waals surface area contributed by atoms with Gasteiger partial charge in [0.2, 0.25) is 11.8 Å². The Bertz CT molecular complexity index is 343. The van der Waals surface area contributed by atoms with Crippen molar-refractivity contribution in [2.24, 2.45) is 11.5 Å². The third kappa shape index (κ3) is 10.00. The van der Waals surface area contributed by atoms with Crippen LogP contribution in [0.2, 0.25) is 0 Å². The molecule has 10 nitrogen and oxygen atoms in total. The minimum Gasteiger partial charge on any atom is -0.377 e. The molecule has 1 heterocycles. The van der Waals surface area contributed by atoms with Crippen molar-refractivity contribution >= 4 is 11.8 Å². The fourth-order valence-corrected chi connectivity index (χ4v) is 2.32. The number of hydrogen-bond donors (Lipinski definition) is 2. The highest BCUT2D eigenvalue weighted by molar-refractivity contribution is 5.78. The summed E-state index contributed by atoms with van der Waals surface area (Å²) in [5, 5.41) is 0. The van der Waals surface area contributed by atoms with Gasteiger partial charge < -0.3 is 40.2 Å². The van der Waals surface area contributed by atoms with Crippen molar-refractivity contribution in [2.45, 2.75) is 0 Å². The van der Waals surface area contributed by atoms with Gasteiger partial charge in [0, 0.05) is 26.2 Å². The van der Waals surface area contributed by atoms with E-state index < -0.39 is 0 Å². The van der Waals surface area contributed by atoms with Crippen LogP contribution in [0.25, 0.3) is 0 Å². The summed E-state index contributed by atoms with van der Waals surface area (Å²) in [6, 6.07) is 0. The van der Waals surface area contributed by atoms with Gasteiger partial charge >= 0.3 is 0 Å². The fraction of sp³-hybridized carbons (Fsp3) is 0.875. The minimum absolute atomic E-state index is 0.0375. The van der Waals surface area contributed by atoms with Crippen molar-refractivity contribution in [3.05, 3.63) is 0 Å². The van der Waals surface area contributed by atoms with Crippen LogP contribution in [0.4, 0.5) is 0 Å². The predicted octanol–water partition coefficient (Wildman–Crippen LogP) is -2.36. The summed E-state index contributed by atoms with van der Waals surface area (Å²) in [6.07, 6.45) is 0. The van der Waals surface area contributed by atoms with Crippen molar-refractivity contribution in [3.63, 3.8) is 0 Å². The van der Waals surface area contributed by atoms with Gasteiger partial charge in [-0.25, -0.2) is 0 Å². The van der Waals surface area contributed by atoms with Crippen molar-refractivity contribution in [1.82, 2.24) is 9.80 Å². The molecule has 1 saturated heterocycles. The molecule has 1 aliphatic rings. The van der Waals surface area contributed by atoms with Gasteiger partial charge in [0.25, 0.3) is 0 Å². The topological polar surface area (TPSA) is 130 Å². The van der Waals surface area contributed by atoms with Gasteiger partial charge in [0.15, 0.2) is 0 Å². The smallest absolute Gasteiger partial charge is 0.236 e. The van der Waals surface area contributed by atoms with E-state index in [2.05, 4.69) is 0 Å². The van der Waals surface area contributed by atoms with Gasteiger partial charge in [-0.1, -0.05) is 0 Å². The molecule has 0 radical (unpaired) electrons. The van der Waals surface area contributed by atoms with Gasteiger partial charge in [0.1, 0.15) is 0 Å². The lowest BCUT2D eigenvalue weighted by Gasteiger charge is -2.23. The van der Waals surface area contributed by atoms with E-state index >= 15 is 0 Å². The molecule has 0 aromatic rings. The van der Waals surface area contributed by atoms with E-state index in [1.54, 1.807) is 9.80 Å². The van der Waals surface area contributed by atoms with Crippen molar-refractivity contribution < 1.29 is 28.5 Å². The minimum atomic E-state index is -0.135. The number of amides is 2. The molecule has 0 unspecified atom stereocenters. The van der Waals surface area contributed by atoms with E-state index in [1.165, 1.54) is 0 Å². The third-order valence-electron chi connectivity index (χ3n) is 3.82. The molecule has 0 aliphatic carbocycles. The fourth-order valence-electron chi connectivity index (χ4n) is 2.32. The molecule has 26 heavy (non-hydrogen) atoms. The average Bonchev–Trinajstić information content (AvgIpc) is 2.66. The monoisotopic (exact) mass is 376 g/mol. The zero-order chi connectivity index (χ0) is 19.0. The zero-order valence-corrected chi connectivity index (χ0v) is 15.4. The van der Waals surface area contributed by atoms with Crippen LogP contribution < -0.4 is 11.5 Å². The van der Waals surface area contributed by atoms with Crippen LogP contribution >= 0.6 is 0 Å². The molecule has 152 valence electrons. The Balaban J connectivity index is 2.43. The number of hydrogen-bond acceptors (Lipinski definition) is 8. The molecule has 0 saturated carbocycles. The summed E-state index contributed by atoms with van der Waals surface area (Å²) in [5.41, 5.74) is 10.9. The quantitative estimate of drug-likeness (QED) is 0.548. The Kier molecular flexibility index (Phi) is 13.0. The van der Waals surface area contributed by atoms with Crippen molar-refractivity contribution in [2.75, 3.05) is 92.1 Å². The summed E-state index contributed by atoms with van der Waals surface area (Å²) < 4.78 is 21.9. The molecule has 0 aromatic heterocycles. The molecular weight excluding hydrogens is 344 g/mol. The Labute approximate surface area is 154 Å². The maximum Gasteiger partial charge on any atom is 0.236 e. The SMILES string of the molecule is NCC(=O)N1CCOCCOCCN(C(=O)CN)CCOCCOCC1. The van der Waals surface area contributed by atoms with Gasteiger partial charge in [0.05, 0.1) is 65.9 Å². The molecule has 0 bridgehead atoms. The van der Waals surface area contributed by atoms with Gasteiger partial charge in [-0.2, -0.15) is 0 Å². The Morgan fingerprint density at radius 1 is 0.577 bits per heavy atom. The largest absolute Gasteiger partial charge is 0.377 e. The lowest BCUT2D eigenvalue weighted by molar-refractivity contribution is -0.133. The van der Waals surface area contributed by atoms with Gasteiger partial charge in [-0.05, 0) is 0 Å². The number of nitrogens with two attached hydrogens (primary N) is 2. The molecule has 4 N–H and O–H groups in total. The molecule has 0 atom stereocenters. The second-order valence-electron chi connectivity index (χ2n) is 5.62. The van der Waals surface area contributed by atoms with E-state index in [1.807, 2.05) is 0 Å². The molecule has 0 aromatic carbocycles. The first kappa shape index (κ1) is 22.7. The van der Waals surface area contributed by atoms with Crippen LogP contribution in [0.1, 0.15) is 0 Å². The number of ether oxygens (including phenoxy) is 4. The van der Waals surface area contributed by atoms with E-state index in [0.717, 1.165) is 0 Å². The first-order valence-electron chi connectivity index (χ1n) is 8.95. The second kappa shape index (κ2) is 14.8. The molecule has 10 heteroatoms. The second-order valence-corrected chi connectivity index (χ2v) is 5.62.